The number of carbonyl (C=O) groups excluding carboxylic acids is 1. The molecule has 20 heteroatoms. The largest absolute Gasteiger partial charge is 0.629 e. The van der Waals surface area contributed by atoms with E-state index in [4.69, 9.17) is 14.2 Å². The van der Waals surface area contributed by atoms with E-state index in [1.54, 1.807) is 12.1 Å². The average Bonchev–Trinajstić information content (AvgIpc) is 3.78. The number of anilines is 2. The van der Waals surface area contributed by atoms with Gasteiger partial charge in [0.25, 0.3) is 21.8 Å². The van der Waals surface area contributed by atoms with Gasteiger partial charge >= 0.3 is 0 Å². The normalized spacial score (nSPS) is 20.8. The number of sulfonamides is 1. The quantitative estimate of drug-likeness (QED) is 0.0500. The Bertz CT molecular complexity index is 3210. The molecule has 1 amide bonds. The van der Waals surface area contributed by atoms with E-state index in [-0.39, 0.29) is 72.8 Å². The number of amides is 1. The molecule has 4 fully saturated rings. The van der Waals surface area contributed by atoms with Gasteiger partial charge in [-0.25, -0.2) is 22.5 Å². The second kappa shape index (κ2) is 22.5. The van der Waals surface area contributed by atoms with Crippen LogP contribution in [-0.4, -0.2) is 111 Å². The Balaban J connectivity index is 0.860. The number of rotatable bonds is 17. The topological polar surface area (TPSA) is 195 Å². The maximum absolute atomic E-state index is 14.9. The molecular formula is C57H70F2N10O7S. The van der Waals surface area contributed by atoms with Crippen molar-refractivity contribution in [2.45, 2.75) is 102 Å². The highest BCUT2D eigenvalue weighted by molar-refractivity contribution is 7.90. The first-order valence-electron chi connectivity index (χ1n) is 26.9. The van der Waals surface area contributed by atoms with E-state index in [1.165, 1.54) is 62.9 Å². The second-order valence-corrected chi connectivity index (χ2v) is 23.7. The molecular weight excluding hydrogens is 1010 g/mol. The van der Waals surface area contributed by atoms with Gasteiger partial charge in [-0.05, 0) is 96.6 Å². The van der Waals surface area contributed by atoms with Crippen molar-refractivity contribution < 1.29 is 41.3 Å². The van der Waals surface area contributed by atoms with Crippen LogP contribution < -0.4 is 34.2 Å². The third-order valence-corrected chi connectivity index (χ3v) is 17.9. The molecule has 1 spiro atoms. The summed E-state index contributed by atoms with van der Waals surface area (Å²) >= 11 is 0. The molecule has 0 bridgehead atoms. The molecule has 2 atom stereocenters. The SMILES string of the molecule is COc1cc(CN2CCN(C3CC4(CCN(c5ccc(C(=O)NS(=O)(=O)c6cnc(NCC7CCC(C)CC7)c([NH+](C)[O-])c6)c(Oc6cc7c(F)c[nH]c7nc6OC)c5)CC4)C3)C(c3ccccc3C(C)C)C2)cc(F)n1. The zero-order valence-corrected chi connectivity index (χ0v) is 45.5. The van der Waals surface area contributed by atoms with Crippen molar-refractivity contribution in [2.75, 3.05) is 70.8 Å². The number of aromatic nitrogens is 4. The lowest BCUT2D eigenvalue weighted by molar-refractivity contribution is -0.751. The van der Waals surface area contributed by atoms with Gasteiger partial charge < -0.3 is 39.7 Å². The summed E-state index contributed by atoms with van der Waals surface area (Å²) in [6, 6.07) is 20.2. The van der Waals surface area contributed by atoms with E-state index < -0.39 is 27.7 Å². The minimum absolute atomic E-state index is 0.00569. The van der Waals surface area contributed by atoms with Crippen molar-refractivity contribution in [3.63, 3.8) is 0 Å². The second-order valence-electron chi connectivity index (χ2n) is 22.0. The molecule has 17 nitrogen and oxygen atoms in total. The molecule has 2 saturated carbocycles. The van der Waals surface area contributed by atoms with Crippen LogP contribution in [0.25, 0.3) is 11.0 Å². The number of carbonyl (C=O) groups is 1. The number of hydrogen-bond acceptors (Lipinski definition) is 14. The zero-order valence-electron chi connectivity index (χ0n) is 44.7. The highest BCUT2D eigenvalue weighted by Crippen LogP contribution is 2.53. The number of piperidine rings is 1. The fourth-order valence-electron chi connectivity index (χ4n) is 12.2. The van der Waals surface area contributed by atoms with E-state index in [0.717, 1.165) is 102 Å². The number of hydrogen-bond donors (Lipinski definition) is 4. The molecule has 4 aliphatic rings. The highest BCUT2D eigenvalue weighted by Gasteiger charge is 2.50. The highest BCUT2D eigenvalue weighted by atomic mass is 32.2. The number of pyridine rings is 3. The third kappa shape index (κ3) is 11.7. The van der Waals surface area contributed by atoms with Crippen molar-refractivity contribution >= 4 is 44.2 Å². The van der Waals surface area contributed by atoms with Gasteiger partial charge in [-0.15, -0.1) is 0 Å². The number of H-pyrrole nitrogens is 1. The predicted octanol–water partition coefficient (Wildman–Crippen LogP) is 8.87. The summed E-state index contributed by atoms with van der Waals surface area (Å²) in [6.07, 6.45) is 10.7. The lowest BCUT2D eigenvalue weighted by Gasteiger charge is -2.58. The molecule has 2 aliphatic carbocycles. The van der Waals surface area contributed by atoms with Crippen LogP contribution in [0.1, 0.15) is 111 Å². The number of methoxy groups -OCH3 is 2. The smallest absolute Gasteiger partial charge is 0.268 e. The summed E-state index contributed by atoms with van der Waals surface area (Å²) < 4.78 is 76.8. The average molecular weight is 1080 g/mol. The molecule has 0 radical (unpaired) electrons. The fourth-order valence-corrected chi connectivity index (χ4v) is 13.1. The number of nitrogens with one attached hydrogen (secondary N) is 4. The molecule has 2 aliphatic heterocycles. The first-order valence-corrected chi connectivity index (χ1v) is 28.3. The van der Waals surface area contributed by atoms with Crippen molar-refractivity contribution in [1.82, 2.24) is 34.5 Å². The lowest BCUT2D eigenvalue weighted by atomic mass is 9.59. The lowest BCUT2D eigenvalue weighted by Crippen LogP contribution is -2.98. The van der Waals surface area contributed by atoms with Gasteiger partial charge in [0, 0.05) is 94.0 Å². The monoisotopic (exact) mass is 1080 g/mol. The van der Waals surface area contributed by atoms with Crippen LogP contribution in [0.5, 0.6) is 23.3 Å². The van der Waals surface area contributed by atoms with Crippen molar-refractivity contribution in [1.29, 1.82) is 0 Å². The van der Waals surface area contributed by atoms with Gasteiger partial charge in [0.1, 0.15) is 22.1 Å². The molecule has 410 valence electrons. The number of halogens is 2. The van der Waals surface area contributed by atoms with Gasteiger partial charge in [-0.1, -0.05) is 57.9 Å². The number of ether oxygens (including phenoxy) is 3. The van der Waals surface area contributed by atoms with Gasteiger partial charge in [0.2, 0.25) is 11.8 Å². The fraction of sp³-hybridized carbons (Fsp3) is 0.474. The van der Waals surface area contributed by atoms with E-state index in [0.29, 0.717) is 36.9 Å². The minimum atomic E-state index is -4.57. The van der Waals surface area contributed by atoms with Crippen LogP contribution in [0, 0.1) is 34.2 Å². The molecule has 2 aromatic carbocycles. The van der Waals surface area contributed by atoms with Gasteiger partial charge in [-0.3, -0.25) is 14.6 Å². The maximum Gasteiger partial charge on any atom is 0.268 e. The van der Waals surface area contributed by atoms with E-state index in [2.05, 4.69) is 89.7 Å². The Morgan fingerprint density at radius 3 is 2.44 bits per heavy atom. The van der Waals surface area contributed by atoms with Crippen LogP contribution in [0.4, 0.5) is 26.0 Å². The van der Waals surface area contributed by atoms with Gasteiger partial charge in [0.05, 0.1) is 38.4 Å². The van der Waals surface area contributed by atoms with Crippen LogP contribution in [0.15, 0.2) is 84.0 Å². The summed E-state index contributed by atoms with van der Waals surface area (Å²) in [6.45, 7) is 11.9. The number of fused-ring (bicyclic) bond motifs is 1. The van der Waals surface area contributed by atoms with Crippen LogP contribution in [0.2, 0.25) is 0 Å². The molecule has 77 heavy (non-hydrogen) atoms. The first kappa shape index (κ1) is 53.9. The zero-order chi connectivity index (χ0) is 54.2. The molecule has 10 rings (SSSR count). The Kier molecular flexibility index (Phi) is 15.8. The van der Waals surface area contributed by atoms with Crippen LogP contribution >= 0.6 is 0 Å². The van der Waals surface area contributed by atoms with Crippen molar-refractivity contribution in [2.24, 2.45) is 17.3 Å². The summed E-state index contributed by atoms with van der Waals surface area (Å²) in [5.41, 5.74) is 4.60. The summed E-state index contributed by atoms with van der Waals surface area (Å²) in [5.74, 6) is -0.105. The van der Waals surface area contributed by atoms with Gasteiger partial charge in [0.15, 0.2) is 17.3 Å². The number of nitrogens with zero attached hydrogens (tertiary/aromatic N) is 6. The predicted molar refractivity (Wildman–Crippen MR) is 290 cm³/mol. The Morgan fingerprint density at radius 1 is 0.948 bits per heavy atom. The molecule has 6 heterocycles. The summed E-state index contributed by atoms with van der Waals surface area (Å²) in [5, 5.41) is 15.9. The minimum Gasteiger partial charge on any atom is -0.629 e. The molecule has 2 saturated heterocycles. The van der Waals surface area contributed by atoms with E-state index in [9.17, 15) is 27.2 Å². The van der Waals surface area contributed by atoms with Crippen molar-refractivity contribution in [3.05, 3.63) is 118 Å². The van der Waals surface area contributed by atoms with Crippen molar-refractivity contribution in [3.8, 4) is 23.3 Å². The number of benzene rings is 2. The Morgan fingerprint density at radius 2 is 1.71 bits per heavy atom. The number of quaternary nitrogens is 1. The number of hydroxylamine groups is 1. The number of aromatic amines is 1. The molecule has 4 aromatic heterocycles. The first-order chi connectivity index (χ1) is 37.0. The van der Waals surface area contributed by atoms with Crippen LogP contribution in [0.3, 0.4) is 0 Å². The van der Waals surface area contributed by atoms with E-state index >= 15 is 0 Å². The summed E-state index contributed by atoms with van der Waals surface area (Å²) in [4.78, 5) is 36.6. The Labute approximate surface area is 449 Å². The molecule has 2 unspecified atom stereocenters. The molecule has 4 N–H and O–H groups in total. The Hall–Kier alpha value is -6.45. The standard InChI is InChI=1S/C57H70F2N10O7S/c1-35(2)42-9-7-8-10-43(42)48-34-67(33-38-23-51(59)63-52(24-38)74-5)21-22-69(48)40-28-57(29-40)17-19-68(20-18-57)39-15-16-44(49(25-39)76-50-27-45-46(58)32-62-53(45)64-56(50)75-6)55(70)65-77(72,73)41-26-47(66(4)71)54(61-31-41)60-30-37-13-11-36(3)12-14-37/h7-10,15-16,23-27,31-32,35-37,40,48,66H,11-14,17-22,28-30,33-34H2,1-6H3,(H,60,61)(H,62,64)(H,65,70). The van der Waals surface area contributed by atoms with E-state index in [1.807, 2.05) is 6.07 Å². The summed E-state index contributed by atoms with van der Waals surface area (Å²) in [7, 11) is -0.337. The van der Waals surface area contributed by atoms with Gasteiger partial charge in [-0.2, -0.15) is 14.4 Å². The van der Waals surface area contributed by atoms with Crippen LogP contribution in [-0.2, 0) is 16.6 Å². The molecule has 6 aromatic rings. The third-order valence-electron chi connectivity index (χ3n) is 16.6. The number of piperazine rings is 1. The maximum atomic E-state index is 14.9.